The second kappa shape index (κ2) is 11.0. The molecule has 1 fully saturated rings. The maximum atomic E-state index is 11.3. The number of rotatable bonds is 7. The van der Waals surface area contributed by atoms with Gasteiger partial charge in [-0.3, -0.25) is 4.90 Å². The molecule has 0 spiro atoms. The van der Waals surface area contributed by atoms with E-state index in [0.29, 0.717) is 24.6 Å². The third-order valence-corrected chi connectivity index (χ3v) is 5.12. The molecule has 0 radical (unpaired) electrons. The molecule has 8 nitrogen and oxygen atoms in total. The van der Waals surface area contributed by atoms with E-state index in [1.165, 1.54) is 0 Å². The molecule has 1 aliphatic heterocycles. The van der Waals surface area contributed by atoms with Gasteiger partial charge in [-0.2, -0.15) is 5.26 Å². The number of nitrogens with zero attached hydrogens (tertiary/aromatic N) is 4. The van der Waals surface area contributed by atoms with E-state index in [4.69, 9.17) is 15.0 Å². The predicted octanol–water partition coefficient (Wildman–Crippen LogP) is 2.89. The van der Waals surface area contributed by atoms with Gasteiger partial charge >= 0.3 is 5.97 Å². The number of guanidine groups is 1. The van der Waals surface area contributed by atoms with Crippen molar-refractivity contribution in [2.75, 3.05) is 45.2 Å². The largest absolute Gasteiger partial charge is 0.497 e. The van der Waals surface area contributed by atoms with Crippen molar-refractivity contribution in [3.8, 4) is 11.8 Å². The SMILES string of the molecule is COc1cccc(CN=C(Nc2cccc(C(=O)O)c2)N2CCN(CCC#N)CC2)c1. The Balaban J connectivity index is 1.77. The first-order valence-electron chi connectivity index (χ1n) is 10.2. The molecule has 162 valence electrons. The molecule has 0 aromatic heterocycles. The van der Waals surface area contributed by atoms with Crippen LogP contribution in [0.1, 0.15) is 22.3 Å². The number of piperazine rings is 1. The Hall–Kier alpha value is -3.57. The summed E-state index contributed by atoms with van der Waals surface area (Å²) in [6.07, 6.45) is 0.525. The zero-order chi connectivity index (χ0) is 22.1. The fraction of sp³-hybridized carbons (Fsp3) is 0.348. The van der Waals surface area contributed by atoms with E-state index >= 15 is 0 Å². The summed E-state index contributed by atoms with van der Waals surface area (Å²) in [7, 11) is 1.64. The summed E-state index contributed by atoms with van der Waals surface area (Å²) in [5.74, 6) is 0.511. The molecular weight excluding hydrogens is 394 g/mol. The zero-order valence-electron chi connectivity index (χ0n) is 17.6. The van der Waals surface area contributed by atoms with Crippen molar-refractivity contribution in [1.82, 2.24) is 9.80 Å². The molecule has 1 heterocycles. The molecular formula is C23H27N5O3. The number of benzene rings is 2. The summed E-state index contributed by atoms with van der Waals surface area (Å²) in [5, 5.41) is 21.4. The third-order valence-electron chi connectivity index (χ3n) is 5.12. The number of carbonyl (C=O) groups is 1. The Morgan fingerprint density at radius 2 is 1.97 bits per heavy atom. The second-order valence-corrected chi connectivity index (χ2v) is 7.24. The van der Waals surface area contributed by atoms with Gasteiger partial charge in [-0.25, -0.2) is 9.79 Å². The van der Waals surface area contributed by atoms with Gasteiger partial charge in [0.2, 0.25) is 0 Å². The number of ether oxygens (including phenoxy) is 1. The molecule has 3 rings (SSSR count). The van der Waals surface area contributed by atoms with E-state index in [-0.39, 0.29) is 5.56 Å². The van der Waals surface area contributed by atoms with Crippen molar-refractivity contribution in [2.24, 2.45) is 4.99 Å². The number of nitriles is 1. The van der Waals surface area contributed by atoms with Crippen LogP contribution in [-0.2, 0) is 6.54 Å². The van der Waals surface area contributed by atoms with Crippen LogP contribution in [0.25, 0.3) is 0 Å². The lowest BCUT2D eigenvalue weighted by molar-refractivity contribution is 0.0697. The standard InChI is InChI=1S/C23H27N5O3/c1-31-21-8-2-5-18(15-21)17-25-23(26-20-7-3-6-19(16-20)22(29)30)28-13-11-27(12-14-28)10-4-9-24/h2-3,5-8,15-16H,4,10-14,17H2,1H3,(H,25,26)(H,29,30). The molecule has 2 aromatic rings. The minimum absolute atomic E-state index is 0.221. The first-order chi connectivity index (χ1) is 15.1. The summed E-state index contributed by atoms with van der Waals surface area (Å²) < 4.78 is 5.29. The molecule has 1 saturated heterocycles. The zero-order valence-corrected chi connectivity index (χ0v) is 17.6. The van der Waals surface area contributed by atoms with Gasteiger partial charge in [-0.15, -0.1) is 0 Å². The average Bonchev–Trinajstić information content (AvgIpc) is 2.81. The first-order valence-corrected chi connectivity index (χ1v) is 10.2. The number of anilines is 1. The Morgan fingerprint density at radius 1 is 1.19 bits per heavy atom. The van der Waals surface area contributed by atoms with Crippen LogP contribution in [0.3, 0.4) is 0 Å². The number of methoxy groups -OCH3 is 1. The van der Waals surface area contributed by atoms with Crippen molar-refractivity contribution < 1.29 is 14.6 Å². The monoisotopic (exact) mass is 421 g/mol. The van der Waals surface area contributed by atoms with Crippen molar-refractivity contribution >= 4 is 17.6 Å². The van der Waals surface area contributed by atoms with Crippen LogP contribution in [-0.4, -0.2) is 66.7 Å². The highest BCUT2D eigenvalue weighted by Crippen LogP contribution is 2.16. The Morgan fingerprint density at radius 3 is 2.68 bits per heavy atom. The normalized spacial score (nSPS) is 14.7. The predicted molar refractivity (Wildman–Crippen MR) is 119 cm³/mol. The topological polar surface area (TPSA) is 101 Å². The summed E-state index contributed by atoms with van der Waals surface area (Å²) in [4.78, 5) is 20.6. The molecule has 0 amide bonds. The number of hydrogen-bond donors (Lipinski definition) is 2. The minimum Gasteiger partial charge on any atom is -0.497 e. The molecule has 31 heavy (non-hydrogen) atoms. The molecule has 0 bridgehead atoms. The van der Waals surface area contributed by atoms with Gasteiger partial charge in [0.15, 0.2) is 5.96 Å². The smallest absolute Gasteiger partial charge is 0.335 e. The van der Waals surface area contributed by atoms with Gasteiger partial charge in [-0.1, -0.05) is 18.2 Å². The fourth-order valence-electron chi connectivity index (χ4n) is 3.41. The molecule has 0 atom stereocenters. The Kier molecular flexibility index (Phi) is 7.85. The van der Waals surface area contributed by atoms with Crippen LogP contribution >= 0.6 is 0 Å². The lowest BCUT2D eigenvalue weighted by atomic mass is 10.2. The summed E-state index contributed by atoms with van der Waals surface area (Å²) in [6.45, 7) is 4.47. The average molecular weight is 422 g/mol. The van der Waals surface area contributed by atoms with Gasteiger partial charge in [0.25, 0.3) is 0 Å². The van der Waals surface area contributed by atoms with Crippen molar-refractivity contribution in [1.29, 1.82) is 5.26 Å². The van der Waals surface area contributed by atoms with Gasteiger partial charge in [0, 0.05) is 44.8 Å². The molecule has 0 saturated carbocycles. The van der Waals surface area contributed by atoms with Crippen LogP contribution < -0.4 is 10.1 Å². The van der Waals surface area contributed by atoms with Crippen LogP contribution in [0, 0.1) is 11.3 Å². The Bertz CT molecular complexity index is 962. The van der Waals surface area contributed by atoms with E-state index in [1.54, 1.807) is 25.3 Å². The lowest BCUT2D eigenvalue weighted by Crippen LogP contribution is -2.50. The highest BCUT2D eigenvalue weighted by molar-refractivity contribution is 5.95. The number of nitrogens with one attached hydrogen (secondary N) is 1. The lowest BCUT2D eigenvalue weighted by Gasteiger charge is -2.36. The highest BCUT2D eigenvalue weighted by Gasteiger charge is 2.20. The molecule has 8 heteroatoms. The number of aliphatic imine (C=N–C) groups is 1. The van der Waals surface area contributed by atoms with Gasteiger partial charge in [0.05, 0.1) is 25.3 Å². The highest BCUT2D eigenvalue weighted by atomic mass is 16.5. The quantitative estimate of drug-likeness (QED) is 0.524. The summed E-state index contributed by atoms with van der Waals surface area (Å²) >= 11 is 0. The summed E-state index contributed by atoms with van der Waals surface area (Å²) in [5.41, 5.74) is 1.92. The first kappa shape index (κ1) is 22.1. The van der Waals surface area contributed by atoms with Gasteiger partial charge in [-0.05, 0) is 35.9 Å². The van der Waals surface area contributed by atoms with Crippen molar-refractivity contribution in [3.05, 3.63) is 59.7 Å². The van der Waals surface area contributed by atoms with Gasteiger partial charge in [0.1, 0.15) is 5.75 Å². The summed E-state index contributed by atoms with van der Waals surface area (Å²) in [6, 6.07) is 16.7. The number of carboxylic acid groups (broad SMARTS) is 1. The van der Waals surface area contributed by atoms with E-state index in [1.807, 2.05) is 30.3 Å². The number of carboxylic acids is 1. The molecule has 2 N–H and O–H groups in total. The van der Waals surface area contributed by atoms with Crippen LogP contribution in [0.5, 0.6) is 5.75 Å². The van der Waals surface area contributed by atoms with E-state index in [9.17, 15) is 9.90 Å². The molecule has 0 aliphatic carbocycles. The molecule has 2 aromatic carbocycles. The molecule has 0 unspecified atom stereocenters. The number of hydrogen-bond acceptors (Lipinski definition) is 5. The van der Waals surface area contributed by atoms with E-state index in [0.717, 1.165) is 44.0 Å². The third kappa shape index (κ3) is 6.46. The Labute approximate surface area is 182 Å². The van der Waals surface area contributed by atoms with Crippen molar-refractivity contribution in [3.63, 3.8) is 0 Å². The van der Waals surface area contributed by atoms with Crippen LogP contribution in [0.2, 0.25) is 0 Å². The van der Waals surface area contributed by atoms with Crippen LogP contribution in [0.15, 0.2) is 53.5 Å². The second-order valence-electron chi connectivity index (χ2n) is 7.24. The fourth-order valence-corrected chi connectivity index (χ4v) is 3.41. The maximum absolute atomic E-state index is 11.3. The maximum Gasteiger partial charge on any atom is 0.335 e. The van der Waals surface area contributed by atoms with E-state index < -0.39 is 5.97 Å². The molecule has 1 aliphatic rings. The van der Waals surface area contributed by atoms with Crippen LogP contribution in [0.4, 0.5) is 5.69 Å². The van der Waals surface area contributed by atoms with E-state index in [2.05, 4.69) is 21.2 Å². The minimum atomic E-state index is -0.968. The van der Waals surface area contributed by atoms with Crippen molar-refractivity contribution in [2.45, 2.75) is 13.0 Å². The number of aromatic carboxylic acids is 1. The van der Waals surface area contributed by atoms with Gasteiger partial charge < -0.3 is 20.1 Å².